The molecule has 0 amide bonds. The summed E-state index contributed by atoms with van der Waals surface area (Å²) in [5, 5.41) is 62.7. The van der Waals surface area contributed by atoms with Crippen LogP contribution < -0.4 is 5.73 Å². The Morgan fingerprint density at radius 3 is 1.80 bits per heavy atom. The van der Waals surface area contributed by atoms with Gasteiger partial charge in [-0.25, -0.2) is 32.6 Å². The van der Waals surface area contributed by atoms with Crippen molar-refractivity contribution >= 4 is 106 Å². The minimum absolute atomic E-state index is 0.0221. The number of fused-ring (bicyclic) bond motifs is 1. The van der Waals surface area contributed by atoms with Crippen molar-refractivity contribution in [2.75, 3.05) is 30.5 Å². The molecule has 0 saturated heterocycles. The number of phenols is 1. The summed E-state index contributed by atoms with van der Waals surface area (Å²) in [5.41, 5.74) is 5.12. The predicted molar refractivity (Wildman–Crippen MR) is 193 cm³/mol. The van der Waals surface area contributed by atoms with Gasteiger partial charge in [0.2, 0.25) is 0 Å². The minimum Gasteiger partial charge on any atom is -0.505 e. The number of sulfone groups is 2. The van der Waals surface area contributed by atoms with Gasteiger partial charge in [0.05, 0.1) is 62.8 Å². The number of anilines is 1. The highest BCUT2D eigenvalue weighted by molar-refractivity contribution is 7.94. The molecule has 0 spiro atoms. The minimum atomic E-state index is -4.99. The van der Waals surface area contributed by atoms with E-state index in [2.05, 4.69) is 48.6 Å². The van der Waals surface area contributed by atoms with E-state index in [1.165, 1.54) is 42.5 Å². The molecular weight excluding hydrogens is 879 g/mol. The van der Waals surface area contributed by atoms with E-state index in [-0.39, 0.29) is 74.6 Å². The first-order valence-electron chi connectivity index (χ1n) is 14.4. The molecule has 0 aliphatic rings. The summed E-state index contributed by atoms with van der Waals surface area (Å²) in [4.78, 5) is -1.45. The average Bonchev–Trinajstić information content (AvgIpc) is 3.15. The maximum atomic E-state index is 12.9. The van der Waals surface area contributed by atoms with Crippen molar-refractivity contribution in [1.29, 1.82) is 0 Å². The number of nitrogen functional groups attached to an aromatic ring is 1. The molecule has 0 aromatic heterocycles. The van der Waals surface area contributed by atoms with E-state index >= 15 is 0 Å². The van der Waals surface area contributed by atoms with Gasteiger partial charge in [-0.3, -0.25) is 12.9 Å². The molecule has 0 atom stereocenters. The maximum absolute atomic E-state index is 12.9. The normalized spacial score (nSPS) is 12.7. The van der Waals surface area contributed by atoms with Crippen molar-refractivity contribution in [2.45, 2.75) is 19.6 Å². The molecule has 0 saturated carbocycles. The fraction of sp³-hybridized carbons (Fsp3) is 0.154. The van der Waals surface area contributed by atoms with E-state index in [9.17, 15) is 34.9 Å². The van der Waals surface area contributed by atoms with Crippen LogP contribution in [0.1, 0.15) is 0 Å². The molecule has 0 aliphatic heterocycles. The van der Waals surface area contributed by atoms with Crippen molar-refractivity contribution in [3.05, 3.63) is 60.7 Å². The van der Waals surface area contributed by atoms with Crippen molar-refractivity contribution in [3.8, 4) is 5.75 Å². The first-order valence-corrected chi connectivity index (χ1v) is 21.2. The van der Waals surface area contributed by atoms with Crippen LogP contribution in [0.2, 0.25) is 0 Å². The van der Waals surface area contributed by atoms with Gasteiger partial charge < -0.3 is 10.8 Å². The lowest BCUT2D eigenvalue weighted by molar-refractivity contribution is -0.434. The van der Waals surface area contributed by atoms with E-state index in [1.807, 2.05) is 0 Å². The number of aromatic hydroxyl groups is 1. The molecular formula is C26H25N5O19S6. The van der Waals surface area contributed by atoms with Crippen LogP contribution in [0.5, 0.6) is 5.75 Å². The molecule has 4 rings (SSSR count). The highest BCUT2D eigenvalue weighted by Gasteiger charge is 2.23. The third kappa shape index (κ3) is 12.2. The molecule has 30 heteroatoms. The van der Waals surface area contributed by atoms with Gasteiger partial charge in [0, 0.05) is 10.8 Å². The van der Waals surface area contributed by atoms with Crippen LogP contribution in [0.3, 0.4) is 0 Å². The van der Waals surface area contributed by atoms with Gasteiger partial charge in [-0.1, -0.05) is 15.1 Å². The van der Waals surface area contributed by atoms with Gasteiger partial charge in [0.25, 0.3) is 10.1 Å². The van der Waals surface area contributed by atoms with Crippen LogP contribution in [0.15, 0.2) is 101 Å². The number of rotatable bonds is 22. The van der Waals surface area contributed by atoms with Crippen LogP contribution >= 0.6 is 36.7 Å². The number of benzene rings is 4. The molecule has 24 nitrogen and oxygen atoms in total. The Bertz CT molecular complexity index is 2390. The standard InChI is InChI=1S/C26H25N5O19S6/c27-20-7-6-18-19(24(20)30-29-21-13-17(5-8-23(21)56(40,41)42)55(38,39)12-10-44-53-50-47-35)14-22(51-48-45-33)25(26(18)32)31-28-15-1-3-16(4-2-15)54(36,37)11-9-43-52-49-46-34/h1-8,13-14,32-35H,9-12,27H2,(H,40,41,42). The highest BCUT2D eigenvalue weighted by Crippen LogP contribution is 2.48. The maximum Gasteiger partial charge on any atom is 0.296 e. The number of azo groups is 2. The molecule has 4 aromatic carbocycles. The molecule has 56 heavy (non-hydrogen) atoms. The number of nitrogens with two attached hydrogens (primary N) is 1. The first kappa shape index (κ1) is 45.1. The Morgan fingerprint density at radius 2 is 1.21 bits per heavy atom. The monoisotopic (exact) mass is 903 g/mol. The van der Waals surface area contributed by atoms with Crippen LogP contribution in [0.25, 0.3) is 10.8 Å². The van der Waals surface area contributed by atoms with E-state index in [0.717, 1.165) is 18.2 Å². The average molecular weight is 904 g/mol. The summed E-state index contributed by atoms with van der Waals surface area (Å²) in [6.45, 7) is -0.780. The zero-order valence-corrected chi connectivity index (χ0v) is 32.3. The summed E-state index contributed by atoms with van der Waals surface area (Å²) in [5.74, 6) is -1.66. The summed E-state index contributed by atoms with van der Waals surface area (Å²) < 4.78 is 107. The quantitative estimate of drug-likeness (QED) is 0.00974. The van der Waals surface area contributed by atoms with Gasteiger partial charge in [0.15, 0.2) is 50.1 Å². The SMILES string of the molecule is Nc1ccc2c(O)c(N=Nc3ccc(S(=O)(=O)CCOSOOO)cc3)c(SOOO)cc2c1N=Nc1cc(S(=O)(=O)CCOSOOO)ccc1S(=O)(=O)O. The molecule has 0 heterocycles. The zero-order chi connectivity index (χ0) is 40.9. The molecule has 304 valence electrons. The first-order chi connectivity index (χ1) is 26.6. The van der Waals surface area contributed by atoms with Crippen LogP contribution in [0, 0.1) is 0 Å². The topological polar surface area (TPSA) is 353 Å². The van der Waals surface area contributed by atoms with E-state index in [4.69, 9.17) is 29.9 Å². The third-order valence-corrected chi connectivity index (χ3v) is 12.4. The van der Waals surface area contributed by atoms with Crippen molar-refractivity contribution < 1.29 is 87.2 Å². The third-order valence-electron chi connectivity index (χ3n) is 6.76. The fourth-order valence-corrected chi connectivity index (χ4v) is 8.25. The van der Waals surface area contributed by atoms with Gasteiger partial charge >= 0.3 is 0 Å². The summed E-state index contributed by atoms with van der Waals surface area (Å²) >= 11 is 0.693. The van der Waals surface area contributed by atoms with Crippen LogP contribution in [-0.4, -0.2) is 75.4 Å². The van der Waals surface area contributed by atoms with E-state index < -0.39 is 69.1 Å². The molecule has 0 aliphatic carbocycles. The molecule has 0 unspecified atom stereocenters. The van der Waals surface area contributed by atoms with Crippen LogP contribution in [0.4, 0.5) is 28.4 Å². The Kier molecular flexibility index (Phi) is 16.6. The van der Waals surface area contributed by atoms with Crippen molar-refractivity contribution in [1.82, 2.24) is 0 Å². The van der Waals surface area contributed by atoms with Crippen molar-refractivity contribution in [2.24, 2.45) is 20.5 Å². The van der Waals surface area contributed by atoms with Gasteiger partial charge in [0.1, 0.15) is 22.0 Å². The Morgan fingerprint density at radius 1 is 0.643 bits per heavy atom. The summed E-state index contributed by atoms with van der Waals surface area (Å²) in [6.07, 6.45) is 0. The number of phenolic OH excluding ortho intramolecular Hbond substituents is 1. The molecule has 4 aromatic rings. The fourth-order valence-electron chi connectivity index (χ4n) is 4.32. The Balaban J connectivity index is 1.70. The van der Waals surface area contributed by atoms with Gasteiger partial charge in [-0.05, 0) is 60.7 Å². The second-order valence-corrected chi connectivity index (χ2v) is 17.5. The highest BCUT2D eigenvalue weighted by atomic mass is 32.2. The lowest BCUT2D eigenvalue weighted by Gasteiger charge is -2.12. The lowest BCUT2D eigenvalue weighted by atomic mass is 10.1. The molecule has 0 bridgehead atoms. The second kappa shape index (κ2) is 20.7. The van der Waals surface area contributed by atoms with Gasteiger partial charge in [-0.15, -0.1) is 28.3 Å². The van der Waals surface area contributed by atoms with E-state index in [0.29, 0.717) is 12.0 Å². The predicted octanol–water partition coefficient (Wildman–Crippen LogP) is 6.18. The molecule has 7 N–H and O–H groups in total. The smallest absolute Gasteiger partial charge is 0.296 e. The summed E-state index contributed by atoms with van der Waals surface area (Å²) in [7, 11) is -13.0. The number of hydrogen-bond acceptors (Lipinski definition) is 26. The second-order valence-electron chi connectivity index (χ2n) is 10.1. The Labute approximate surface area is 328 Å². The number of nitrogens with zero attached hydrogens (tertiary/aromatic N) is 4. The molecule has 0 radical (unpaired) electrons. The number of hydrogen-bond donors (Lipinski definition) is 6. The van der Waals surface area contributed by atoms with Crippen LogP contribution in [-0.2, 0) is 66.3 Å². The largest absolute Gasteiger partial charge is 0.505 e. The zero-order valence-electron chi connectivity index (χ0n) is 27.4. The van der Waals surface area contributed by atoms with E-state index in [1.54, 1.807) is 0 Å². The van der Waals surface area contributed by atoms with Crippen molar-refractivity contribution in [3.63, 3.8) is 0 Å². The summed E-state index contributed by atoms with van der Waals surface area (Å²) in [6, 6.07) is 11.5. The van der Waals surface area contributed by atoms with Gasteiger partial charge in [-0.2, -0.15) is 13.5 Å². The lowest BCUT2D eigenvalue weighted by Crippen LogP contribution is -2.11. The molecule has 0 fully saturated rings. The Hall–Kier alpha value is -3.64.